The molecule has 2 aliphatic rings. The lowest BCUT2D eigenvalue weighted by molar-refractivity contribution is 0.202. The van der Waals surface area contributed by atoms with Crippen LogP contribution in [0.5, 0.6) is 0 Å². The van der Waals surface area contributed by atoms with Crippen molar-refractivity contribution in [3.63, 3.8) is 0 Å². The fourth-order valence-electron chi connectivity index (χ4n) is 2.63. The van der Waals surface area contributed by atoms with Gasteiger partial charge in [0.1, 0.15) is 0 Å². The molecule has 2 fully saturated rings. The van der Waals surface area contributed by atoms with Crippen molar-refractivity contribution >= 4 is 16.5 Å². The first-order chi connectivity index (χ1) is 8.65. The predicted octanol–water partition coefficient (Wildman–Crippen LogP) is 1.79. The van der Waals surface area contributed by atoms with Crippen molar-refractivity contribution in [2.75, 3.05) is 31.1 Å². The van der Waals surface area contributed by atoms with E-state index < -0.39 is 6.10 Å². The van der Waals surface area contributed by atoms with Crippen LogP contribution < -0.4 is 4.90 Å². The molecule has 1 saturated carbocycles. The molecule has 5 heteroatoms. The fraction of sp³-hybridized carbons (Fsp3) is 0.769. The summed E-state index contributed by atoms with van der Waals surface area (Å²) in [4.78, 5) is 10.6. The zero-order chi connectivity index (χ0) is 12.7. The number of rotatable bonds is 3. The quantitative estimate of drug-likeness (QED) is 0.906. The summed E-state index contributed by atoms with van der Waals surface area (Å²) < 4.78 is 0. The number of aryl methyl sites for hydroxylation is 1. The molecule has 0 amide bonds. The SMILES string of the molecule is Cc1nc(N2CCN(C3CC3)CC2)sc1C(C)O. The van der Waals surface area contributed by atoms with Crippen LogP contribution in [-0.2, 0) is 0 Å². The maximum absolute atomic E-state index is 9.68. The third kappa shape index (κ3) is 2.39. The summed E-state index contributed by atoms with van der Waals surface area (Å²) in [6.45, 7) is 8.27. The van der Waals surface area contributed by atoms with Crippen molar-refractivity contribution in [2.45, 2.75) is 38.8 Å². The van der Waals surface area contributed by atoms with Crippen molar-refractivity contribution in [3.8, 4) is 0 Å². The molecular weight excluding hydrogens is 246 g/mol. The van der Waals surface area contributed by atoms with E-state index in [2.05, 4.69) is 14.8 Å². The number of aromatic nitrogens is 1. The Labute approximate surface area is 112 Å². The first kappa shape index (κ1) is 12.4. The van der Waals surface area contributed by atoms with Crippen LogP contribution in [0.1, 0.15) is 36.4 Å². The molecule has 2 heterocycles. The van der Waals surface area contributed by atoms with Gasteiger partial charge in [0.25, 0.3) is 0 Å². The molecule has 1 aliphatic carbocycles. The minimum absolute atomic E-state index is 0.399. The highest BCUT2D eigenvalue weighted by Crippen LogP contribution is 2.32. The van der Waals surface area contributed by atoms with Gasteiger partial charge in [-0.25, -0.2) is 4.98 Å². The molecule has 3 rings (SSSR count). The smallest absolute Gasteiger partial charge is 0.185 e. The second-order valence-electron chi connectivity index (χ2n) is 5.38. The van der Waals surface area contributed by atoms with Gasteiger partial charge in [0.2, 0.25) is 0 Å². The van der Waals surface area contributed by atoms with Crippen molar-refractivity contribution in [3.05, 3.63) is 10.6 Å². The van der Waals surface area contributed by atoms with E-state index in [4.69, 9.17) is 0 Å². The van der Waals surface area contributed by atoms with E-state index in [-0.39, 0.29) is 0 Å². The Kier molecular flexibility index (Phi) is 3.30. The van der Waals surface area contributed by atoms with E-state index in [0.717, 1.165) is 47.9 Å². The van der Waals surface area contributed by atoms with Crippen LogP contribution in [0.4, 0.5) is 5.13 Å². The number of nitrogens with zero attached hydrogens (tertiary/aromatic N) is 3. The molecule has 18 heavy (non-hydrogen) atoms. The largest absolute Gasteiger partial charge is 0.388 e. The highest BCUT2D eigenvalue weighted by Gasteiger charge is 2.31. The number of hydrogen-bond donors (Lipinski definition) is 1. The molecule has 1 unspecified atom stereocenters. The molecule has 1 aromatic heterocycles. The summed E-state index contributed by atoms with van der Waals surface area (Å²) in [6, 6.07) is 0.873. The first-order valence-corrected chi connectivity index (χ1v) is 7.61. The number of anilines is 1. The van der Waals surface area contributed by atoms with E-state index >= 15 is 0 Å². The zero-order valence-electron chi connectivity index (χ0n) is 11.1. The lowest BCUT2D eigenvalue weighted by Gasteiger charge is -2.34. The third-order valence-corrected chi connectivity index (χ3v) is 5.24. The Bertz CT molecular complexity index is 420. The van der Waals surface area contributed by atoms with Crippen LogP contribution in [0.15, 0.2) is 0 Å². The predicted molar refractivity (Wildman–Crippen MR) is 74.3 cm³/mol. The van der Waals surface area contributed by atoms with Crippen LogP contribution in [-0.4, -0.2) is 47.2 Å². The summed E-state index contributed by atoms with van der Waals surface area (Å²) >= 11 is 1.65. The topological polar surface area (TPSA) is 39.6 Å². The molecule has 100 valence electrons. The summed E-state index contributed by atoms with van der Waals surface area (Å²) in [6.07, 6.45) is 2.38. The zero-order valence-corrected chi connectivity index (χ0v) is 11.9. The van der Waals surface area contributed by atoms with Gasteiger partial charge in [-0.3, -0.25) is 4.90 Å². The maximum Gasteiger partial charge on any atom is 0.185 e. The normalized spacial score (nSPS) is 23.4. The van der Waals surface area contributed by atoms with Crippen molar-refractivity contribution < 1.29 is 5.11 Å². The molecule has 0 bridgehead atoms. The van der Waals surface area contributed by atoms with E-state index in [1.54, 1.807) is 11.3 Å². The van der Waals surface area contributed by atoms with Crippen LogP contribution in [0.2, 0.25) is 0 Å². The van der Waals surface area contributed by atoms with Crippen molar-refractivity contribution in [2.24, 2.45) is 0 Å². The number of aliphatic hydroxyl groups is 1. The molecule has 1 N–H and O–H groups in total. The minimum Gasteiger partial charge on any atom is -0.388 e. The van der Waals surface area contributed by atoms with Crippen molar-refractivity contribution in [1.29, 1.82) is 0 Å². The Hall–Kier alpha value is -0.650. The van der Waals surface area contributed by atoms with E-state index in [1.807, 2.05) is 13.8 Å². The van der Waals surface area contributed by atoms with Gasteiger partial charge in [-0.2, -0.15) is 0 Å². The van der Waals surface area contributed by atoms with Gasteiger partial charge in [-0.05, 0) is 26.7 Å². The lowest BCUT2D eigenvalue weighted by atomic mass is 10.3. The minimum atomic E-state index is -0.399. The van der Waals surface area contributed by atoms with Crippen LogP contribution in [0, 0.1) is 6.92 Å². The highest BCUT2D eigenvalue weighted by atomic mass is 32.1. The Morgan fingerprint density at radius 2 is 1.94 bits per heavy atom. The van der Waals surface area contributed by atoms with Gasteiger partial charge in [-0.1, -0.05) is 11.3 Å². The number of hydrogen-bond acceptors (Lipinski definition) is 5. The Morgan fingerprint density at radius 1 is 1.28 bits per heavy atom. The fourth-order valence-corrected chi connectivity index (χ4v) is 3.69. The first-order valence-electron chi connectivity index (χ1n) is 6.79. The van der Waals surface area contributed by atoms with Gasteiger partial charge in [0, 0.05) is 32.2 Å². The third-order valence-electron chi connectivity index (χ3n) is 3.85. The lowest BCUT2D eigenvalue weighted by Crippen LogP contribution is -2.47. The second-order valence-corrected chi connectivity index (χ2v) is 6.39. The average molecular weight is 267 g/mol. The van der Waals surface area contributed by atoms with Crippen LogP contribution >= 0.6 is 11.3 Å². The van der Waals surface area contributed by atoms with E-state index in [9.17, 15) is 5.11 Å². The summed E-state index contributed by atoms with van der Waals surface area (Å²) in [7, 11) is 0. The van der Waals surface area contributed by atoms with E-state index in [1.165, 1.54) is 12.8 Å². The average Bonchev–Trinajstić information content (AvgIpc) is 3.12. The molecule has 0 aromatic carbocycles. The van der Waals surface area contributed by atoms with E-state index in [0.29, 0.717) is 0 Å². The molecule has 1 aliphatic heterocycles. The molecule has 1 aromatic rings. The monoisotopic (exact) mass is 267 g/mol. The van der Waals surface area contributed by atoms with Gasteiger partial charge in [-0.15, -0.1) is 0 Å². The number of piperazine rings is 1. The number of thiazole rings is 1. The summed E-state index contributed by atoms with van der Waals surface area (Å²) in [5, 5.41) is 10.8. The van der Waals surface area contributed by atoms with Gasteiger partial charge in [0.05, 0.1) is 16.7 Å². The number of aliphatic hydroxyl groups excluding tert-OH is 1. The summed E-state index contributed by atoms with van der Waals surface area (Å²) in [5.41, 5.74) is 0.981. The molecule has 1 atom stereocenters. The van der Waals surface area contributed by atoms with Crippen LogP contribution in [0.3, 0.4) is 0 Å². The van der Waals surface area contributed by atoms with Gasteiger partial charge < -0.3 is 10.0 Å². The molecule has 4 nitrogen and oxygen atoms in total. The van der Waals surface area contributed by atoms with Crippen LogP contribution in [0.25, 0.3) is 0 Å². The standard InChI is InChI=1S/C13H21N3OS/c1-9-12(10(2)17)18-13(14-9)16-7-5-15(6-8-16)11-3-4-11/h10-11,17H,3-8H2,1-2H3. The molecule has 0 spiro atoms. The maximum atomic E-state index is 9.68. The molecule has 1 saturated heterocycles. The molecular formula is C13H21N3OS. The molecule has 0 radical (unpaired) electrons. The van der Waals surface area contributed by atoms with Crippen molar-refractivity contribution in [1.82, 2.24) is 9.88 Å². The highest BCUT2D eigenvalue weighted by molar-refractivity contribution is 7.15. The van der Waals surface area contributed by atoms with Gasteiger partial charge >= 0.3 is 0 Å². The summed E-state index contributed by atoms with van der Waals surface area (Å²) in [5.74, 6) is 0. The van der Waals surface area contributed by atoms with Gasteiger partial charge in [0.15, 0.2) is 5.13 Å². The Morgan fingerprint density at radius 3 is 2.44 bits per heavy atom. The second kappa shape index (κ2) is 4.79. The Balaban J connectivity index is 1.66.